The number of fused-ring (bicyclic) bond motifs is 2. The van der Waals surface area contributed by atoms with Gasteiger partial charge in [-0.15, -0.1) is 0 Å². The number of ether oxygens (including phenoxy) is 1. The zero-order chi connectivity index (χ0) is 13.4. The van der Waals surface area contributed by atoms with Gasteiger partial charge in [-0.1, -0.05) is 40.2 Å². The van der Waals surface area contributed by atoms with Crippen LogP contribution in [0.4, 0.5) is 0 Å². The smallest absolute Gasteiger partial charge is 0.193 e. The molecule has 3 rings (SSSR count). The number of carbonyl (C=O) groups excluding carboxylic acids is 1. The maximum Gasteiger partial charge on any atom is 0.193 e. The SMILES string of the molecule is COc1ccc2c(c1)C(Br)Cc1ccccc1C2=O. The van der Waals surface area contributed by atoms with Crippen LogP contribution in [0.2, 0.25) is 0 Å². The van der Waals surface area contributed by atoms with Crippen LogP contribution in [-0.2, 0) is 6.42 Å². The van der Waals surface area contributed by atoms with Crippen molar-refractivity contribution in [3.8, 4) is 5.75 Å². The molecule has 0 amide bonds. The molecule has 1 aliphatic rings. The van der Waals surface area contributed by atoms with Crippen molar-refractivity contribution in [3.05, 3.63) is 64.7 Å². The number of rotatable bonds is 1. The minimum atomic E-state index is 0.0928. The molecule has 1 unspecified atom stereocenters. The first-order valence-corrected chi connectivity index (χ1v) is 7.07. The third kappa shape index (κ3) is 2.08. The molecule has 2 aromatic carbocycles. The van der Waals surface area contributed by atoms with Crippen molar-refractivity contribution in [2.45, 2.75) is 11.2 Å². The number of halogens is 1. The first-order valence-electron chi connectivity index (χ1n) is 6.15. The Hall–Kier alpha value is -1.61. The standard InChI is InChI=1S/C16H13BrO2/c1-19-11-6-7-13-14(9-11)15(17)8-10-4-2-3-5-12(10)16(13)18/h2-7,9,15H,8H2,1H3. The zero-order valence-electron chi connectivity index (χ0n) is 10.5. The fraction of sp³-hybridized carbons (Fsp3) is 0.188. The van der Waals surface area contributed by atoms with Crippen LogP contribution in [0.25, 0.3) is 0 Å². The summed E-state index contributed by atoms with van der Waals surface area (Å²) in [5, 5.41) is 0. The molecule has 0 fully saturated rings. The second kappa shape index (κ2) is 4.82. The van der Waals surface area contributed by atoms with E-state index in [1.165, 1.54) is 0 Å². The largest absolute Gasteiger partial charge is 0.497 e. The van der Waals surface area contributed by atoms with E-state index >= 15 is 0 Å². The molecule has 0 aromatic heterocycles. The summed E-state index contributed by atoms with van der Waals surface area (Å²) >= 11 is 3.69. The van der Waals surface area contributed by atoms with Crippen molar-refractivity contribution in [2.24, 2.45) is 0 Å². The van der Waals surface area contributed by atoms with Crippen LogP contribution in [-0.4, -0.2) is 12.9 Å². The summed E-state index contributed by atoms with van der Waals surface area (Å²) in [6.07, 6.45) is 0.808. The lowest BCUT2D eigenvalue weighted by molar-refractivity contribution is 0.103. The predicted molar refractivity (Wildman–Crippen MR) is 78.2 cm³/mol. The van der Waals surface area contributed by atoms with Crippen LogP contribution in [0.1, 0.15) is 31.9 Å². The van der Waals surface area contributed by atoms with E-state index < -0.39 is 0 Å². The molecule has 0 saturated carbocycles. The molecule has 19 heavy (non-hydrogen) atoms. The van der Waals surface area contributed by atoms with E-state index in [-0.39, 0.29) is 10.6 Å². The van der Waals surface area contributed by atoms with E-state index in [4.69, 9.17) is 4.74 Å². The van der Waals surface area contributed by atoms with Gasteiger partial charge in [0.25, 0.3) is 0 Å². The van der Waals surface area contributed by atoms with Gasteiger partial charge < -0.3 is 4.74 Å². The highest BCUT2D eigenvalue weighted by Gasteiger charge is 2.26. The summed E-state index contributed by atoms with van der Waals surface area (Å²) in [6, 6.07) is 13.4. The Labute approximate surface area is 120 Å². The van der Waals surface area contributed by atoms with Crippen molar-refractivity contribution in [2.75, 3.05) is 7.11 Å². The molecule has 0 spiro atoms. The van der Waals surface area contributed by atoms with Crippen molar-refractivity contribution >= 4 is 21.7 Å². The lowest BCUT2D eigenvalue weighted by Crippen LogP contribution is -2.04. The molecular weight excluding hydrogens is 304 g/mol. The third-order valence-electron chi connectivity index (χ3n) is 3.50. The van der Waals surface area contributed by atoms with Gasteiger partial charge in [-0.05, 0) is 35.7 Å². The number of hydrogen-bond donors (Lipinski definition) is 0. The fourth-order valence-electron chi connectivity index (χ4n) is 2.50. The monoisotopic (exact) mass is 316 g/mol. The number of hydrogen-bond acceptors (Lipinski definition) is 2. The van der Waals surface area contributed by atoms with Crippen molar-refractivity contribution < 1.29 is 9.53 Å². The molecular formula is C16H13BrO2. The van der Waals surface area contributed by atoms with Gasteiger partial charge in [-0.2, -0.15) is 0 Å². The second-order valence-electron chi connectivity index (χ2n) is 4.61. The maximum absolute atomic E-state index is 12.6. The van der Waals surface area contributed by atoms with Gasteiger partial charge in [-0.25, -0.2) is 0 Å². The van der Waals surface area contributed by atoms with Gasteiger partial charge in [0.05, 0.1) is 7.11 Å². The van der Waals surface area contributed by atoms with E-state index in [0.717, 1.165) is 34.4 Å². The van der Waals surface area contributed by atoms with E-state index in [0.29, 0.717) is 0 Å². The predicted octanol–water partition coefficient (Wildman–Crippen LogP) is 3.92. The van der Waals surface area contributed by atoms with Gasteiger partial charge in [0, 0.05) is 16.0 Å². The average molecular weight is 317 g/mol. The molecule has 2 nitrogen and oxygen atoms in total. The summed E-state index contributed by atoms with van der Waals surface area (Å²) in [5.74, 6) is 0.872. The number of ketones is 1. The van der Waals surface area contributed by atoms with E-state index in [2.05, 4.69) is 15.9 Å². The highest BCUT2D eigenvalue weighted by atomic mass is 79.9. The maximum atomic E-state index is 12.6. The molecule has 1 aliphatic carbocycles. The van der Waals surface area contributed by atoms with E-state index in [1.807, 2.05) is 42.5 Å². The highest BCUT2D eigenvalue weighted by molar-refractivity contribution is 9.09. The van der Waals surface area contributed by atoms with Crippen LogP contribution in [0.5, 0.6) is 5.75 Å². The summed E-state index contributed by atoms with van der Waals surface area (Å²) < 4.78 is 5.25. The summed E-state index contributed by atoms with van der Waals surface area (Å²) in [7, 11) is 1.64. The number of carbonyl (C=O) groups is 1. The highest BCUT2D eigenvalue weighted by Crippen LogP contribution is 2.37. The number of alkyl halides is 1. The molecule has 3 heteroatoms. The van der Waals surface area contributed by atoms with Crippen LogP contribution in [0.15, 0.2) is 42.5 Å². The molecule has 96 valence electrons. The minimum Gasteiger partial charge on any atom is -0.497 e. The molecule has 0 radical (unpaired) electrons. The number of methoxy groups -OCH3 is 1. The second-order valence-corrected chi connectivity index (χ2v) is 5.72. The van der Waals surface area contributed by atoms with E-state index in [1.54, 1.807) is 7.11 Å². The molecule has 0 N–H and O–H groups in total. The van der Waals surface area contributed by atoms with Gasteiger partial charge in [0.15, 0.2) is 5.78 Å². The Balaban J connectivity index is 2.20. The van der Waals surface area contributed by atoms with Crippen molar-refractivity contribution in [3.63, 3.8) is 0 Å². The Bertz CT molecular complexity index is 649. The van der Waals surface area contributed by atoms with Gasteiger partial charge >= 0.3 is 0 Å². The van der Waals surface area contributed by atoms with Crippen molar-refractivity contribution in [1.29, 1.82) is 0 Å². The summed E-state index contributed by atoms with van der Waals surface area (Å²) in [5.41, 5.74) is 3.65. The first kappa shape index (κ1) is 12.4. The Morgan fingerprint density at radius 1 is 1.16 bits per heavy atom. The Kier molecular flexibility index (Phi) is 3.15. The van der Waals surface area contributed by atoms with Crippen LogP contribution in [0.3, 0.4) is 0 Å². The normalized spacial score (nSPS) is 17.4. The Morgan fingerprint density at radius 3 is 2.74 bits per heavy atom. The Morgan fingerprint density at radius 2 is 1.95 bits per heavy atom. The van der Waals surface area contributed by atoms with Gasteiger partial charge in [0.2, 0.25) is 0 Å². The number of benzene rings is 2. The molecule has 2 aromatic rings. The van der Waals surface area contributed by atoms with Crippen molar-refractivity contribution in [1.82, 2.24) is 0 Å². The lowest BCUT2D eigenvalue weighted by atomic mass is 9.99. The van der Waals surface area contributed by atoms with Crippen LogP contribution in [0, 0.1) is 0 Å². The molecule has 0 bridgehead atoms. The van der Waals surface area contributed by atoms with Crippen LogP contribution >= 0.6 is 15.9 Å². The summed E-state index contributed by atoms with van der Waals surface area (Å²) in [6.45, 7) is 0. The van der Waals surface area contributed by atoms with E-state index in [9.17, 15) is 4.79 Å². The quantitative estimate of drug-likeness (QED) is 0.745. The summed E-state index contributed by atoms with van der Waals surface area (Å²) in [4.78, 5) is 12.7. The molecule has 0 saturated heterocycles. The average Bonchev–Trinajstić information content (AvgIpc) is 2.55. The molecule has 0 heterocycles. The van der Waals surface area contributed by atoms with Gasteiger partial charge in [-0.3, -0.25) is 4.79 Å². The molecule has 1 atom stereocenters. The minimum absolute atomic E-state index is 0.0928. The third-order valence-corrected chi connectivity index (χ3v) is 4.32. The first-order chi connectivity index (χ1) is 9.20. The topological polar surface area (TPSA) is 26.3 Å². The fourth-order valence-corrected chi connectivity index (χ4v) is 3.23. The lowest BCUT2D eigenvalue weighted by Gasteiger charge is -2.11. The zero-order valence-corrected chi connectivity index (χ0v) is 12.1. The van der Waals surface area contributed by atoms with Gasteiger partial charge in [0.1, 0.15) is 5.75 Å². The molecule has 0 aliphatic heterocycles. The van der Waals surface area contributed by atoms with Crippen LogP contribution < -0.4 is 4.74 Å².